The molecule has 0 spiro atoms. The van der Waals surface area contributed by atoms with Crippen molar-refractivity contribution in [1.82, 2.24) is 9.97 Å². The zero-order valence-corrected chi connectivity index (χ0v) is 29.4. The molecular weight excluding hydrogens is 653 g/mol. The van der Waals surface area contributed by atoms with E-state index in [2.05, 4.69) is 182 Å². The van der Waals surface area contributed by atoms with Gasteiger partial charge in [0.25, 0.3) is 0 Å². The van der Waals surface area contributed by atoms with Crippen LogP contribution in [0.1, 0.15) is 0 Å². The van der Waals surface area contributed by atoms with Crippen molar-refractivity contribution in [2.75, 3.05) is 0 Å². The fraction of sp³-hybridized carbons (Fsp3) is 0. The van der Waals surface area contributed by atoms with Crippen LogP contribution in [-0.4, -0.2) is 9.97 Å². The van der Waals surface area contributed by atoms with Gasteiger partial charge in [0.05, 0.1) is 16.7 Å². The van der Waals surface area contributed by atoms with Crippen LogP contribution in [0.2, 0.25) is 0 Å². The van der Waals surface area contributed by atoms with Crippen molar-refractivity contribution in [2.24, 2.45) is 0 Å². The Kier molecular flexibility index (Phi) is 6.90. The van der Waals surface area contributed by atoms with Gasteiger partial charge in [-0.05, 0) is 107 Å². The number of para-hydroxylation sites is 1. The van der Waals surface area contributed by atoms with Crippen LogP contribution in [0.15, 0.2) is 194 Å². The summed E-state index contributed by atoms with van der Waals surface area (Å²) in [6, 6.07) is 68.1. The summed E-state index contributed by atoms with van der Waals surface area (Å²) >= 11 is 0. The van der Waals surface area contributed by atoms with Crippen molar-refractivity contribution in [3.05, 3.63) is 194 Å². The SMILES string of the molecule is c1cnc2c(-c3ccc(-c4cc(-c5cc6ccccc6c6ccccc56)nc5ccc(-c6cc7ccccc7c7ccccc67)cc45)cc3)cccc2c1. The van der Waals surface area contributed by atoms with E-state index in [4.69, 9.17) is 9.97 Å². The molecule has 0 fully saturated rings. The molecule has 0 unspecified atom stereocenters. The minimum Gasteiger partial charge on any atom is -0.256 e. The molecule has 0 atom stereocenters. The molecule has 250 valence electrons. The normalized spacial score (nSPS) is 11.7. The van der Waals surface area contributed by atoms with E-state index in [0.717, 1.165) is 55.3 Å². The first-order chi connectivity index (χ1) is 26.8. The molecule has 2 heteroatoms. The molecule has 0 N–H and O–H groups in total. The third kappa shape index (κ3) is 4.88. The van der Waals surface area contributed by atoms with Gasteiger partial charge < -0.3 is 0 Å². The van der Waals surface area contributed by atoms with Crippen LogP contribution in [0.4, 0.5) is 0 Å². The molecule has 9 aromatic carbocycles. The van der Waals surface area contributed by atoms with Crippen LogP contribution < -0.4 is 0 Å². The second-order valence-corrected chi connectivity index (χ2v) is 14.1. The minimum absolute atomic E-state index is 0.964. The van der Waals surface area contributed by atoms with E-state index in [1.54, 1.807) is 0 Å². The van der Waals surface area contributed by atoms with Crippen molar-refractivity contribution in [3.8, 4) is 44.6 Å². The van der Waals surface area contributed by atoms with Crippen LogP contribution in [0.5, 0.6) is 0 Å². The maximum atomic E-state index is 5.43. The van der Waals surface area contributed by atoms with Gasteiger partial charge in [-0.2, -0.15) is 0 Å². The van der Waals surface area contributed by atoms with Gasteiger partial charge in [-0.25, -0.2) is 4.98 Å². The topological polar surface area (TPSA) is 25.8 Å². The van der Waals surface area contributed by atoms with Crippen molar-refractivity contribution < 1.29 is 0 Å². The maximum absolute atomic E-state index is 5.43. The molecule has 2 aromatic heterocycles. The molecule has 54 heavy (non-hydrogen) atoms. The Bertz CT molecular complexity index is 3260. The van der Waals surface area contributed by atoms with Crippen LogP contribution >= 0.6 is 0 Å². The van der Waals surface area contributed by atoms with Gasteiger partial charge in [-0.1, -0.05) is 152 Å². The predicted molar refractivity (Wildman–Crippen MR) is 229 cm³/mol. The molecule has 11 aromatic rings. The van der Waals surface area contributed by atoms with Crippen molar-refractivity contribution in [2.45, 2.75) is 0 Å². The first kappa shape index (κ1) is 30.5. The van der Waals surface area contributed by atoms with Crippen molar-refractivity contribution in [1.29, 1.82) is 0 Å². The second kappa shape index (κ2) is 12.2. The highest BCUT2D eigenvalue weighted by Crippen LogP contribution is 2.41. The van der Waals surface area contributed by atoms with Crippen LogP contribution in [0.3, 0.4) is 0 Å². The fourth-order valence-corrected chi connectivity index (χ4v) is 8.50. The Morgan fingerprint density at radius 3 is 1.52 bits per heavy atom. The first-order valence-corrected chi connectivity index (χ1v) is 18.5. The Hall–Kier alpha value is -7.16. The lowest BCUT2D eigenvalue weighted by molar-refractivity contribution is 1.41. The van der Waals surface area contributed by atoms with Gasteiger partial charge in [-0.3, -0.25) is 4.98 Å². The summed E-state index contributed by atoms with van der Waals surface area (Å²) in [5, 5.41) is 12.2. The molecular formula is C52H32N2. The van der Waals surface area contributed by atoms with E-state index >= 15 is 0 Å². The van der Waals surface area contributed by atoms with Gasteiger partial charge >= 0.3 is 0 Å². The average Bonchev–Trinajstić information content (AvgIpc) is 3.25. The average molecular weight is 685 g/mol. The van der Waals surface area contributed by atoms with Crippen LogP contribution in [-0.2, 0) is 0 Å². The number of benzene rings is 9. The smallest absolute Gasteiger partial charge is 0.0780 e. The fourth-order valence-electron chi connectivity index (χ4n) is 8.50. The molecule has 0 aliphatic heterocycles. The summed E-state index contributed by atoms with van der Waals surface area (Å²) in [6.45, 7) is 0. The van der Waals surface area contributed by atoms with Crippen molar-refractivity contribution in [3.63, 3.8) is 0 Å². The monoisotopic (exact) mass is 684 g/mol. The summed E-state index contributed by atoms with van der Waals surface area (Å²) < 4.78 is 0. The molecule has 0 saturated carbocycles. The maximum Gasteiger partial charge on any atom is 0.0780 e. The van der Waals surface area contributed by atoms with E-state index in [9.17, 15) is 0 Å². The van der Waals surface area contributed by atoms with Gasteiger partial charge in [0, 0.05) is 28.1 Å². The molecule has 0 bridgehead atoms. The summed E-state index contributed by atoms with van der Waals surface area (Å²) in [4.78, 5) is 10.2. The molecule has 0 radical (unpaired) electrons. The largest absolute Gasteiger partial charge is 0.256 e. The molecule has 2 nitrogen and oxygen atoms in total. The van der Waals surface area contributed by atoms with E-state index in [1.807, 2.05) is 12.3 Å². The Balaban J connectivity index is 1.16. The predicted octanol–water partition coefficient (Wildman–Crippen LogP) is 14.1. The van der Waals surface area contributed by atoms with Gasteiger partial charge in [-0.15, -0.1) is 0 Å². The highest BCUT2D eigenvalue weighted by atomic mass is 14.7. The zero-order chi connectivity index (χ0) is 35.6. The Morgan fingerprint density at radius 1 is 0.296 bits per heavy atom. The Labute approximate surface area is 312 Å². The lowest BCUT2D eigenvalue weighted by atomic mass is 9.90. The number of rotatable bonds is 4. The summed E-state index contributed by atoms with van der Waals surface area (Å²) in [7, 11) is 0. The molecule has 0 amide bonds. The van der Waals surface area contributed by atoms with Crippen molar-refractivity contribution >= 4 is 64.9 Å². The van der Waals surface area contributed by atoms with E-state index in [0.29, 0.717) is 0 Å². The quantitative estimate of drug-likeness (QED) is 0.172. The van der Waals surface area contributed by atoms with Gasteiger partial charge in [0.1, 0.15) is 0 Å². The lowest BCUT2D eigenvalue weighted by Crippen LogP contribution is -1.93. The standard InChI is InChI=1S/C52H32N2/c1-3-15-39-36(11-1)29-46(44-19-7-5-17-42(39)44)38-26-27-50-49(31-38)47(34-24-22-33(23-25-34)41-21-9-13-35-14-10-28-53-52(35)41)32-51(54-50)48-30-37-12-2-4-16-40(37)43-18-6-8-20-45(43)48/h1-32H. The van der Waals surface area contributed by atoms with Gasteiger partial charge in [0.2, 0.25) is 0 Å². The molecule has 2 heterocycles. The van der Waals surface area contributed by atoms with E-state index in [1.165, 1.54) is 54.2 Å². The third-order valence-corrected chi connectivity index (χ3v) is 11.1. The molecule has 0 aliphatic rings. The molecule has 11 rings (SSSR count). The number of pyridine rings is 2. The summed E-state index contributed by atoms with van der Waals surface area (Å²) in [5.74, 6) is 0. The number of hydrogen-bond donors (Lipinski definition) is 0. The number of fused-ring (bicyclic) bond motifs is 8. The van der Waals surface area contributed by atoms with E-state index in [-0.39, 0.29) is 0 Å². The van der Waals surface area contributed by atoms with E-state index < -0.39 is 0 Å². The van der Waals surface area contributed by atoms with Gasteiger partial charge in [0.15, 0.2) is 0 Å². The summed E-state index contributed by atoms with van der Waals surface area (Å²) in [6.07, 6.45) is 1.87. The highest BCUT2D eigenvalue weighted by Gasteiger charge is 2.16. The number of aromatic nitrogens is 2. The minimum atomic E-state index is 0.964. The summed E-state index contributed by atoms with van der Waals surface area (Å²) in [5.41, 5.74) is 11.1. The number of hydrogen-bond acceptors (Lipinski definition) is 2. The Morgan fingerprint density at radius 2 is 0.815 bits per heavy atom. The number of nitrogens with zero attached hydrogens (tertiary/aromatic N) is 2. The molecule has 0 saturated heterocycles. The lowest BCUT2D eigenvalue weighted by Gasteiger charge is -2.16. The second-order valence-electron chi connectivity index (χ2n) is 14.1. The van der Waals surface area contributed by atoms with Crippen LogP contribution in [0, 0.1) is 0 Å². The highest BCUT2D eigenvalue weighted by molar-refractivity contribution is 6.16. The third-order valence-electron chi connectivity index (χ3n) is 11.1. The molecule has 0 aliphatic carbocycles. The van der Waals surface area contributed by atoms with Crippen LogP contribution in [0.25, 0.3) is 110 Å². The zero-order valence-electron chi connectivity index (χ0n) is 29.4. The first-order valence-electron chi connectivity index (χ1n) is 18.5.